The van der Waals surface area contributed by atoms with Gasteiger partial charge in [0.25, 0.3) is 0 Å². The van der Waals surface area contributed by atoms with Gasteiger partial charge in [0.2, 0.25) is 0 Å². The van der Waals surface area contributed by atoms with Crippen LogP contribution in [0.4, 0.5) is 4.79 Å². The van der Waals surface area contributed by atoms with E-state index in [9.17, 15) is 4.79 Å². The lowest BCUT2D eigenvalue weighted by molar-refractivity contribution is 0.136. The molecule has 0 spiro atoms. The van der Waals surface area contributed by atoms with E-state index in [0.29, 0.717) is 12.2 Å². The average Bonchev–Trinajstić information content (AvgIpc) is 2.71. The van der Waals surface area contributed by atoms with Gasteiger partial charge in [-0.2, -0.15) is 0 Å². The highest BCUT2D eigenvalue weighted by Crippen LogP contribution is 2.13. The van der Waals surface area contributed by atoms with E-state index < -0.39 is 10.9 Å². The van der Waals surface area contributed by atoms with Gasteiger partial charge in [-0.25, -0.2) is 4.79 Å². The third-order valence-electron chi connectivity index (χ3n) is 4.98. The molecule has 0 aliphatic heterocycles. The maximum Gasteiger partial charge on any atom is 0.407 e. The van der Waals surface area contributed by atoms with Gasteiger partial charge in [0.05, 0.1) is 0 Å². The van der Waals surface area contributed by atoms with Crippen molar-refractivity contribution in [2.24, 2.45) is 5.92 Å². The second kappa shape index (κ2) is 15.4. The van der Waals surface area contributed by atoms with E-state index in [4.69, 9.17) is 27.9 Å². The van der Waals surface area contributed by atoms with Crippen LogP contribution in [0.2, 0.25) is 0 Å². The summed E-state index contributed by atoms with van der Waals surface area (Å²) in [6.07, 6.45) is 3.99. The number of alkyl halides is 2. The lowest BCUT2D eigenvalue weighted by Gasteiger charge is -2.29. The van der Waals surface area contributed by atoms with E-state index in [2.05, 4.69) is 55.1 Å². The van der Waals surface area contributed by atoms with Crippen molar-refractivity contribution in [2.45, 2.75) is 50.4 Å². The lowest BCUT2D eigenvalue weighted by Crippen LogP contribution is -2.45. The monoisotopic (exact) mass is 457 g/mol. The summed E-state index contributed by atoms with van der Waals surface area (Å²) in [7, 11) is 2.14. The van der Waals surface area contributed by atoms with Gasteiger partial charge in [-0.15, -0.1) is 0 Å². The number of carbonyl (C=O) groups excluding carboxylic acids is 1. The van der Waals surface area contributed by atoms with E-state index in [-0.39, 0.29) is 18.6 Å². The third-order valence-corrected chi connectivity index (χ3v) is 5.51. The Morgan fingerprint density at radius 3 is 2.57 bits per heavy atom. The molecule has 0 aromatic heterocycles. The fourth-order valence-electron chi connectivity index (χ4n) is 3.23. The average molecular weight is 458 g/mol. The van der Waals surface area contributed by atoms with Crippen LogP contribution >= 0.6 is 23.2 Å². The third kappa shape index (κ3) is 11.7. The molecule has 0 radical (unpaired) electrons. The summed E-state index contributed by atoms with van der Waals surface area (Å²) in [6.45, 7) is 10.7. The molecule has 170 valence electrons. The predicted molar refractivity (Wildman–Crippen MR) is 127 cm³/mol. The molecule has 0 saturated heterocycles. The topological polar surface area (TPSA) is 53.6 Å². The molecular formula is C23H37Cl2N3O2. The summed E-state index contributed by atoms with van der Waals surface area (Å²) in [5.74, 6) is 0.274. The number of hydrogen-bond donors (Lipinski definition) is 2. The molecule has 2 N–H and O–H groups in total. The van der Waals surface area contributed by atoms with Crippen LogP contribution in [-0.2, 0) is 11.2 Å². The van der Waals surface area contributed by atoms with Gasteiger partial charge in [0.15, 0.2) is 0 Å². The normalized spacial score (nSPS) is 13.2. The minimum atomic E-state index is -0.691. The molecule has 0 heterocycles. The van der Waals surface area contributed by atoms with Crippen LogP contribution in [0, 0.1) is 5.92 Å². The minimum absolute atomic E-state index is 0.0217. The van der Waals surface area contributed by atoms with Crippen LogP contribution in [0.5, 0.6) is 0 Å². The number of ether oxygens (including phenoxy) is 1. The number of rotatable bonds is 15. The molecule has 0 saturated carbocycles. The van der Waals surface area contributed by atoms with E-state index in [1.165, 1.54) is 24.8 Å². The van der Waals surface area contributed by atoms with Crippen molar-refractivity contribution in [1.82, 2.24) is 15.5 Å². The number of halogens is 2. The van der Waals surface area contributed by atoms with Crippen LogP contribution in [0.25, 0.3) is 0 Å². The summed E-state index contributed by atoms with van der Waals surface area (Å²) >= 11 is 11.4. The smallest absolute Gasteiger partial charge is 0.407 e. The zero-order valence-electron chi connectivity index (χ0n) is 18.5. The van der Waals surface area contributed by atoms with Crippen LogP contribution in [0.1, 0.15) is 38.7 Å². The molecule has 0 aliphatic rings. The summed E-state index contributed by atoms with van der Waals surface area (Å²) in [5.41, 5.74) is 1.68. The Morgan fingerprint density at radius 2 is 1.93 bits per heavy atom. The maximum absolute atomic E-state index is 12.4. The molecule has 0 aliphatic carbocycles. The SMILES string of the molecule is C=C(NCCOC(=O)N[C@@H](Cc1ccccc1)[C@H](C)CN(C)CCCCC)C(Cl)Cl. The number of nitrogens with one attached hydrogen (secondary N) is 2. The zero-order valence-corrected chi connectivity index (χ0v) is 20.0. The number of alkyl carbamates (subject to hydrolysis) is 1. The van der Waals surface area contributed by atoms with E-state index in [1.807, 2.05) is 18.2 Å². The fraction of sp³-hybridized carbons (Fsp3) is 0.609. The number of unbranched alkanes of at least 4 members (excludes halogenated alkanes) is 2. The first-order valence-electron chi connectivity index (χ1n) is 10.7. The molecule has 0 bridgehead atoms. The van der Waals surface area contributed by atoms with Gasteiger partial charge in [-0.1, -0.05) is 86.8 Å². The highest BCUT2D eigenvalue weighted by Gasteiger charge is 2.22. The standard InChI is InChI=1S/C23H37Cl2N3O2/c1-5-6-10-14-28(4)17-18(2)21(16-20-11-8-7-9-12-20)27-23(29)30-15-13-26-19(3)22(24)25/h7-9,11-12,18,21-22,26H,3,5-6,10,13-17H2,1-2,4H3,(H,27,29)/t18-,21+/m1/s1. The largest absolute Gasteiger partial charge is 0.448 e. The van der Waals surface area contributed by atoms with E-state index in [0.717, 1.165) is 19.5 Å². The Bertz CT molecular complexity index is 614. The second-order valence-electron chi connectivity index (χ2n) is 7.78. The maximum atomic E-state index is 12.4. The highest BCUT2D eigenvalue weighted by molar-refractivity contribution is 6.46. The summed E-state index contributed by atoms with van der Waals surface area (Å²) in [5, 5.41) is 5.99. The Balaban J connectivity index is 2.57. The van der Waals surface area contributed by atoms with Crippen LogP contribution in [0.3, 0.4) is 0 Å². The Labute approximate surface area is 192 Å². The molecule has 1 amide bonds. The Morgan fingerprint density at radius 1 is 1.23 bits per heavy atom. The van der Waals surface area contributed by atoms with Gasteiger partial charge < -0.3 is 20.3 Å². The molecule has 1 rings (SSSR count). The number of carbonyl (C=O) groups is 1. The lowest BCUT2D eigenvalue weighted by atomic mass is 9.94. The molecular weight excluding hydrogens is 421 g/mol. The van der Waals surface area contributed by atoms with Gasteiger partial charge in [-0.3, -0.25) is 0 Å². The van der Waals surface area contributed by atoms with E-state index in [1.54, 1.807) is 0 Å². The number of benzene rings is 1. The molecule has 2 atom stereocenters. The second-order valence-corrected chi connectivity index (χ2v) is 8.87. The quantitative estimate of drug-likeness (QED) is 0.287. The van der Waals surface area contributed by atoms with Crippen molar-refractivity contribution in [3.8, 4) is 0 Å². The van der Waals surface area contributed by atoms with Crippen molar-refractivity contribution in [2.75, 3.05) is 33.3 Å². The molecule has 1 aromatic carbocycles. The minimum Gasteiger partial charge on any atom is -0.448 e. The molecule has 30 heavy (non-hydrogen) atoms. The van der Waals surface area contributed by atoms with Gasteiger partial charge in [0, 0.05) is 24.8 Å². The van der Waals surface area contributed by atoms with Gasteiger partial charge >= 0.3 is 6.09 Å². The molecule has 0 fully saturated rings. The summed E-state index contributed by atoms with van der Waals surface area (Å²) in [6, 6.07) is 10.2. The first kappa shape index (κ1) is 26.6. The van der Waals surface area contributed by atoms with Crippen LogP contribution in [-0.4, -0.2) is 55.2 Å². The molecule has 1 aromatic rings. The highest BCUT2D eigenvalue weighted by atomic mass is 35.5. The summed E-state index contributed by atoms with van der Waals surface area (Å²) in [4.78, 5) is 14.0. The number of allylic oxidation sites excluding steroid dienone is 1. The first-order chi connectivity index (χ1) is 14.3. The van der Waals surface area contributed by atoms with Gasteiger partial charge in [-0.05, 0) is 37.9 Å². The van der Waals surface area contributed by atoms with Crippen molar-refractivity contribution >= 4 is 29.3 Å². The summed E-state index contributed by atoms with van der Waals surface area (Å²) < 4.78 is 5.32. The van der Waals surface area contributed by atoms with Crippen molar-refractivity contribution < 1.29 is 9.53 Å². The van der Waals surface area contributed by atoms with Gasteiger partial charge in [0.1, 0.15) is 11.4 Å². The Hall–Kier alpha value is -1.43. The van der Waals surface area contributed by atoms with E-state index >= 15 is 0 Å². The van der Waals surface area contributed by atoms with Crippen LogP contribution < -0.4 is 10.6 Å². The van der Waals surface area contributed by atoms with Crippen molar-refractivity contribution in [3.63, 3.8) is 0 Å². The fourth-order valence-corrected chi connectivity index (χ4v) is 3.38. The molecule has 5 nitrogen and oxygen atoms in total. The zero-order chi connectivity index (χ0) is 22.4. The molecule has 7 heteroatoms. The predicted octanol–water partition coefficient (Wildman–Crippen LogP) is 4.99. The van der Waals surface area contributed by atoms with Crippen LogP contribution in [0.15, 0.2) is 42.6 Å². The van der Waals surface area contributed by atoms with Crippen molar-refractivity contribution in [3.05, 3.63) is 48.2 Å². The first-order valence-corrected chi connectivity index (χ1v) is 11.6. The molecule has 0 unspecified atom stereocenters. The number of hydrogen-bond acceptors (Lipinski definition) is 4. The van der Waals surface area contributed by atoms with Crippen molar-refractivity contribution in [1.29, 1.82) is 0 Å². The number of amides is 1. The number of nitrogens with zero attached hydrogens (tertiary/aromatic N) is 1. The Kier molecular flexibility index (Phi) is 13.6.